The summed E-state index contributed by atoms with van der Waals surface area (Å²) < 4.78 is 24.1. The van der Waals surface area contributed by atoms with Gasteiger partial charge in [-0.25, -0.2) is 5.14 Å². The second-order valence-electron chi connectivity index (χ2n) is 2.83. The molecule has 2 N–H and O–H groups in total. The SMILES string of the molecule is C=CCN(Cc1ccc(Cl)s1)S(N)(=O)=O. The summed E-state index contributed by atoms with van der Waals surface area (Å²) in [6.07, 6.45) is 1.49. The summed E-state index contributed by atoms with van der Waals surface area (Å²) in [7, 11) is -3.69. The van der Waals surface area contributed by atoms with Gasteiger partial charge in [0.2, 0.25) is 0 Å². The molecule has 0 amide bonds. The Hall–Kier alpha value is -0.400. The Morgan fingerprint density at radius 2 is 2.27 bits per heavy atom. The van der Waals surface area contributed by atoms with E-state index >= 15 is 0 Å². The first-order valence-electron chi connectivity index (χ1n) is 4.06. The standard InChI is InChI=1S/C8H11ClN2O2S2/c1-2-5-11(15(10,12)13)6-7-3-4-8(9)14-7/h2-4H,1,5-6H2,(H2,10,12,13). The van der Waals surface area contributed by atoms with Crippen molar-refractivity contribution in [2.75, 3.05) is 6.54 Å². The van der Waals surface area contributed by atoms with Gasteiger partial charge in [0.15, 0.2) is 0 Å². The predicted molar refractivity (Wildman–Crippen MR) is 63.0 cm³/mol. The van der Waals surface area contributed by atoms with E-state index in [0.29, 0.717) is 4.34 Å². The van der Waals surface area contributed by atoms with Gasteiger partial charge in [0.1, 0.15) is 0 Å². The summed E-state index contributed by atoms with van der Waals surface area (Å²) in [4.78, 5) is 0.843. The maximum atomic E-state index is 11.2. The molecule has 0 bridgehead atoms. The number of halogens is 1. The lowest BCUT2D eigenvalue weighted by molar-refractivity contribution is 0.442. The van der Waals surface area contributed by atoms with E-state index in [1.807, 2.05) is 0 Å². The Balaban J connectivity index is 2.80. The Labute approximate surface area is 98.1 Å². The first kappa shape index (κ1) is 12.7. The van der Waals surface area contributed by atoms with Crippen LogP contribution in [-0.2, 0) is 16.8 Å². The quantitative estimate of drug-likeness (QED) is 0.823. The summed E-state index contributed by atoms with van der Waals surface area (Å²) in [5, 5.41) is 5.04. The van der Waals surface area contributed by atoms with Crippen molar-refractivity contribution in [2.24, 2.45) is 5.14 Å². The van der Waals surface area contributed by atoms with Gasteiger partial charge in [-0.05, 0) is 12.1 Å². The number of nitrogens with zero attached hydrogens (tertiary/aromatic N) is 1. The maximum absolute atomic E-state index is 11.2. The zero-order valence-electron chi connectivity index (χ0n) is 7.89. The number of hydrogen-bond acceptors (Lipinski definition) is 3. The normalized spacial score (nSPS) is 11.9. The minimum atomic E-state index is -3.69. The van der Waals surface area contributed by atoms with Crippen LogP contribution in [-0.4, -0.2) is 19.3 Å². The molecule has 0 aromatic carbocycles. The van der Waals surface area contributed by atoms with E-state index in [1.165, 1.54) is 17.4 Å². The summed E-state index contributed by atoms with van der Waals surface area (Å²) in [5.41, 5.74) is 0. The van der Waals surface area contributed by atoms with Crippen LogP contribution in [0.15, 0.2) is 24.8 Å². The number of rotatable bonds is 5. The second-order valence-corrected chi connectivity index (χ2v) is 6.18. The number of hydrogen-bond donors (Lipinski definition) is 1. The second kappa shape index (κ2) is 5.09. The van der Waals surface area contributed by atoms with Crippen molar-refractivity contribution in [3.8, 4) is 0 Å². The Bertz CT molecular complexity index is 441. The molecule has 0 spiro atoms. The molecule has 1 aromatic rings. The van der Waals surface area contributed by atoms with Gasteiger partial charge in [-0.3, -0.25) is 0 Å². The first-order chi connectivity index (χ1) is 6.93. The van der Waals surface area contributed by atoms with Crippen LogP contribution >= 0.6 is 22.9 Å². The lowest BCUT2D eigenvalue weighted by atomic mass is 10.4. The molecular weight excluding hydrogens is 256 g/mol. The van der Waals surface area contributed by atoms with E-state index in [-0.39, 0.29) is 13.1 Å². The van der Waals surface area contributed by atoms with E-state index in [2.05, 4.69) is 6.58 Å². The Morgan fingerprint density at radius 1 is 1.60 bits per heavy atom. The summed E-state index contributed by atoms with van der Waals surface area (Å²) >= 11 is 7.06. The van der Waals surface area contributed by atoms with Crippen molar-refractivity contribution in [1.82, 2.24) is 4.31 Å². The van der Waals surface area contributed by atoms with E-state index in [9.17, 15) is 8.42 Å². The highest BCUT2D eigenvalue weighted by molar-refractivity contribution is 7.86. The largest absolute Gasteiger partial charge is 0.277 e. The highest BCUT2D eigenvalue weighted by Crippen LogP contribution is 2.23. The van der Waals surface area contributed by atoms with Gasteiger partial charge in [0, 0.05) is 18.0 Å². The molecule has 0 saturated carbocycles. The van der Waals surface area contributed by atoms with Crippen LogP contribution in [0.25, 0.3) is 0 Å². The van der Waals surface area contributed by atoms with Crippen LogP contribution in [0.3, 0.4) is 0 Å². The molecule has 1 rings (SSSR count). The van der Waals surface area contributed by atoms with Gasteiger partial charge < -0.3 is 0 Å². The fourth-order valence-electron chi connectivity index (χ4n) is 1.01. The lowest BCUT2D eigenvalue weighted by Crippen LogP contribution is -2.36. The maximum Gasteiger partial charge on any atom is 0.277 e. The molecule has 0 aliphatic carbocycles. The van der Waals surface area contributed by atoms with E-state index in [0.717, 1.165) is 9.18 Å². The molecule has 0 aliphatic rings. The van der Waals surface area contributed by atoms with Crippen LogP contribution in [0.1, 0.15) is 4.88 Å². The van der Waals surface area contributed by atoms with Crippen molar-refractivity contribution < 1.29 is 8.42 Å². The number of thiophene rings is 1. The molecule has 0 radical (unpaired) electrons. The minimum Gasteiger partial charge on any atom is -0.216 e. The fraction of sp³-hybridized carbons (Fsp3) is 0.250. The van der Waals surface area contributed by atoms with Gasteiger partial charge in [0.25, 0.3) is 10.2 Å². The smallest absolute Gasteiger partial charge is 0.216 e. The average molecular weight is 267 g/mol. The first-order valence-corrected chi connectivity index (χ1v) is 6.76. The topological polar surface area (TPSA) is 63.4 Å². The highest BCUT2D eigenvalue weighted by Gasteiger charge is 2.16. The highest BCUT2D eigenvalue weighted by atomic mass is 35.5. The molecule has 0 fully saturated rings. The van der Waals surface area contributed by atoms with Crippen molar-refractivity contribution in [3.63, 3.8) is 0 Å². The minimum absolute atomic E-state index is 0.189. The molecule has 0 saturated heterocycles. The van der Waals surface area contributed by atoms with Crippen LogP contribution in [0.2, 0.25) is 4.34 Å². The van der Waals surface area contributed by atoms with E-state index in [4.69, 9.17) is 16.7 Å². The summed E-state index contributed by atoms with van der Waals surface area (Å²) in [5.74, 6) is 0. The van der Waals surface area contributed by atoms with Crippen molar-refractivity contribution in [3.05, 3.63) is 34.0 Å². The van der Waals surface area contributed by atoms with Crippen LogP contribution in [0, 0.1) is 0 Å². The summed E-state index contributed by atoms with van der Waals surface area (Å²) in [6.45, 7) is 3.89. The van der Waals surface area contributed by atoms with Crippen molar-refractivity contribution in [1.29, 1.82) is 0 Å². The van der Waals surface area contributed by atoms with Gasteiger partial charge in [-0.15, -0.1) is 17.9 Å². The summed E-state index contributed by atoms with van der Waals surface area (Å²) in [6, 6.07) is 3.49. The van der Waals surface area contributed by atoms with Gasteiger partial charge in [-0.2, -0.15) is 12.7 Å². The molecule has 0 aliphatic heterocycles. The lowest BCUT2D eigenvalue weighted by Gasteiger charge is -2.16. The van der Waals surface area contributed by atoms with Gasteiger partial charge in [-0.1, -0.05) is 17.7 Å². The third-order valence-electron chi connectivity index (χ3n) is 1.65. The third kappa shape index (κ3) is 3.92. The molecule has 15 heavy (non-hydrogen) atoms. The van der Waals surface area contributed by atoms with E-state index in [1.54, 1.807) is 12.1 Å². The molecule has 1 heterocycles. The molecule has 7 heteroatoms. The van der Waals surface area contributed by atoms with Crippen LogP contribution in [0.5, 0.6) is 0 Å². The van der Waals surface area contributed by atoms with Crippen molar-refractivity contribution >= 4 is 33.1 Å². The zero-order valence-corrected chi connectivity index (χ0v) is 10.3. The molecule has 4 nitrogen and oxygen atoms in total. The monoisotopic (exact) mass is 266 g/mol. The number of nitrogens with two attached hydrogens (primary N) is 1. The van der Waals surface area contributed by atoms with Crippen LogP contribution in [0.4, 0.5) is 0 Å². The van der Waals surface area contributed by atoms with Gasteiger partial charge >= 0.3 is 0 Å². The predicted octanol–water partition coefficient (Wildman–Crippen LogP) is 1.59. The fourth-order valence-corrected chi connectivity index (χ4v) is 2.83. The van der Waals surface area contributed by atoms with Crippen molar-refractivity contribution in [2.45, 2.75) is 6.54 Å². The molecule has 1 aromatic heterocycles. The van der Waals surface area contributed by atoms with Gasteiger partial charge in [0.05, 0.1) is 4.34 Å². The average Bonchev–Trinajstić information content (AvgIpc) is 2.49. The Kier molecular flexibility index (Phi) is 4.30. The molecule has 0 atom stereocenters. The van der Waals surface area contributed by atoms with E-state index < -0.39 is 10.2 Å². The Morgan fingerprint density at radius 3 is 2.67 bits per heavy atom. The molecular formula is C8H11ClN2O2S2. The zero-order chi connectivity index (χ0) is 11.5. The van der Waals surface area contributed by atoms with Crippen LogP contribution < -0.4 is 5.14 Å². The third-order valence-corrected chi connectivity index (χ3v) is 3.87. The molecule has 0 unspecified atom stereocenters. The molecule has 84 valence electrons.